The molecule has 0 bridgehead atoms. The highest BCUT2D eigenvalue weighted by Crippen LogP contribution is 2.20. The van der Waals surface area contributed by atoms with Gasteiger partial charge in [0.1, 0.15) is 5.82 Å². The summed E-state index contributed by atoms with van der Waals surface area (Å²) in [7, 11) is 0. The van der Waals surface area contributed by atoms with E-state index in [1.54, 1.807) is 24.3 Å². The molecule has 138 valence electrons. The Kier molecular flexibility index (Phi) is 8.44. The molecule has 2 aromatic rings. The predicted molar refractivity (Wildman–Crippen MR) is 101 cm³/mol. The van der Waals surface area contributed by atoms with E-state index in [-0.39, 0.29) is 24.8 Å². The average Bonchev–Trinajstić information content (AvgIpc) is 2.63. The maximum Gasteiger partial charge on any atom is 0.307 e. The van der Waals surface area contributed by atoms with Crippen LogP contribution < -0.4 is 5.32 Å². The van der Waals surface area contributed by atoms with Gasteiger partial charge in [-0.25, -0.2) is 4.39 Å². The van der Waals surface area contributed by atoms with Crippen molar-refractivity contribution in [2.45, 2.75) is 17.7 Å². The van der Waals surface area contributed by atoms with E-state index >= 15 is 0 Å². The van der Waals surface area contributed by atoms with Crippen molar-refractivity contribution in [3.05, 3.63) is 64.9 Å². The van der Waals surface area contributed by atoms with Crippen LogP contribution >= 0.6 is 23.4 Å². The average molecular weight is 396 g/mol. The zero-order valence-corrected chi connectivity index (χ0v) is 15.6. The maximum atomic E-state index is 12.8. The van der Waals surface area contributed by atoms with E-state index in [0.29, 0.717) is 23.7 Å². The normalized spacial score (nSPS) is 10.4. The third-order valence-electron chi connectivity index (χ3n) is 3.40. The van der Waals surface area contributed by atoms with Crippen molar-refractivity contribution < 1.29 is 18.7 Å². The summed E-state index contributed by atoms with van der Waals surface area (Å²) in [6.45, 7) is 0.0995. The van der Waals surface area contributed by atoms with Crippen LogP contribution in [0.2, 0.25) is 5.02 Å². The van der Waals surface area contributed by atoms with Gasteiger partial charge in [-0.15, -0.1) is 11.8 Å². The molecule has 0 saturated carbocycles. The number of carbonyl (C=O) groups is 2. The summed E-state index contributed by atoms with van der Waals surface area (Å²) in [4.78, 5) is 24.3. The molecule has 2 aromatic carbocycles. The lowest BCUT2D eigenvalue weighted by atomic mass is 10.1. The van der Waals surface area contributed by atoms with Crippen LogP contribution in [0, 0.1) is 5.82 Å². The van der Waals surface area contributed by atoms with Crippen LogP contribution in [0.25, 0.3) is 0 Å². The van der Waals surface area contributed by atoms with Crippen LogP contribution in [-0.4, -0.2) is 30.8 Å². The molecule has 0 unspecified atom stereocenters. The molecule has 26 heavy (non-hydrogen) atoms. The first-order valence-electron chi connectivity index (χ1n) is 8.08. The van der Waals surface area contributed by atoms with Crippen LogP contribution in [0.5, 0.6) is 0 Å². The van der Waals surface area contributed by atoms with E-state index in [1.165, 1.54) is 23.9 Å². The van der Waals surface area contributed by atoms with E-state index in [2.05, 4.69) is 5.32 Å². The number of hydrogen-bond donors (Lipinski definition) is 1. The van der Waals surface area contributed by atoms with E-state index in [4.69, 9.17) is 16.3 Å². The first-order valence-corrected chi connectivity index (χ1v) is 9.44. The fourth-order valence-corrected chi connectivity index (χ4v) is 3.01. The molecule has 0 heterocycles. The molecule has 0 aliphatic carbocycles. The minimum atomic E-state index is -0.417. The number of benzene rings is 2. The third kappa shape index (κ3) is 7.89. The van der Waals surface area contributed by atoms with Crippen molar-refractivity contribution in [3.8, 4) is 0 Å². The van der Waals surface area contributed by atoms with Crippen molar-refractivity contribution in [1.82, 2.24) is 5.32 Å². The van der Waals surface area contributed by atoms with Crippen molar-refractivity contribution >= 4 is 35.2 Å². The zero-order chi connectivity index (χ0) is 18.8. The molecule has 0 aromatic heterocycles. The summed E-state index contributed by atoms with van der Waals surface area (Å²) in [5.74, 6) is -0.503. The molecular formula is C19H19ClFNO3S. The van der Waals surface area contributed by atoms with Crippen molar-refractivity contribution in [2.24, 2.45) is 0 Å². The number of rotatable bonds is 9. The molecule has 0 spiro atoms. The van der Waals surface area contributed by atoms with Gasteiger partial charge in [0.25, 0.3) is 5.91 Å². The van der Waals surface area contributed by atoms with Gasteiger partial charge in [0.05, 0.1) is 6.42 Å². The van der Waals surface area contributed by atoms with Gasteiger partial charge in [-0.1, -0.05) is 23.7 Å². The van der Waals surface area contributed by atoms with Crippen molar-refractivity contribution in [3.63, 3.8) is 0 Å². The number of carbonyl (C=O) groups excluding carboxylic acids is 2. The molecule has 0 atom stereocenters. The monoisotopic (exact) mass is 395 g/mol. The molecule has 1 N–H and O–H groups in total. The topological polar surface area (TPSA) is 55.4 Å². The van der Waals surface area contributed by atoms with Gasteiger partial charge < -0.3 is 10.1 Å². The van der Waals surface area contributed by atoms with Crippen LogP contribution in [0.1, 0.15) is 12.0 Å². The molecule has 4 nitrogen and oxygen atoms in total. The molecule has 0 saturated heterocycles. The smallest absolute Gasteiger partial charge is 0.307 e. The Labute approximate surface area is 161 Å². The van der Waals surface area contributed by atoms with Gasteiger partial charge in [-0.05, 0) is 48.4 Å². The third-order valence-corrected chi connectivity index (χ3v) is 4.67. The Morgan fingerprint density at radius 3 is 2.46 bits per heavy atom. The minimum Gasteiger partial charge on any atom is -0.456 e. The molecule has 0 radical (unpaired) electrons. The maximum absolute atomic E-state index is 12.8. The number of amides is 1. The highest BCUT2D eigenvalue weighted by atomic mass is 35.5. The summed E-state index contributed by atoms with van der Waals surface area (Å²) in [5, 5.41) is 3.33. The van der Waals surface area contributed by atoms with E-state index < -0.39 is 5.97 Å². The lowest BCUT2D eigenvalue weighted by Gasteiger charge is -2.07. The summed E-state index contributed by atoms with van der Waals surface area (Å²) < 4.78 is 17.7. The Balaban J connectivity index is 1.55. The first-order chi connectivity index (χ1) is 12.5. The molecule has 0 fully saturated rings. The second-order valence-corrected chi connectivity index (χ2v) is 7.04. The summed E-state index contributed by atoms with van der Waals surface area (Å²) in [5.41, 5.74) is 0.919. The Bertz CT molecular complexity index is 659. The largest absolute Gasteiger partial charge is 0.456 e. The first kappa shape index (κ1) is 20.3. The van der Waals surface area contributed by atoms with E-state index in [9.17, 15) is 14.0 Å². The molecule has 0 aliphatic heterocycles. The lowest BCUT2D eigenvalue weighted by molar-refractivity contribution is -0.148. The standard InChI is InChI=1S/C19H19ClFNO3S/c20-15-3-7-17(8-4-15)26-12-10-19(24)25-13-18(23)22-11-9-14-1-5-16(21)6-2-14/h1-8H,9-13H2,(H,22,23). The predicted octanol–water partition coefficient (Wildman–Crippen LogP) is 3.86. The number of esters is 1. The number of halogens is 2. The summed E-state index contributed by atoms with van der Waals surface area (Å²) in [6, 6.07) is 13.4. The van der Waals surface area contributed by atoms with Gasteiger partial charge in [-0.2, -0.15) is 0 Å². The summed E-state index contributed by atoms with van der Waals surface area (Å²) >= 11 is 7.33. The molecule has 1 amide bonds. The van der Waals surface area contributed by atoms with Gasteiger partial charge >= 0.3 is 5.97 Å². The second kappa shape index (κ2) is 10.8. The number of thioether (sulfide) groups is 1. The molecular weight excluding hydrogens is 377 g/mol. The molecule has 0 aliphatic rings. The Hall–Kier alpha value is -2.05. The van der Waals surface area contributed by atoms with Gasteiger partial charge in [0.15, 0.2) is 6.61 Å². The van der Waals surface area contributed by atoms with Crippen LogP contribution in [0.15, 0.2) is 53.4 Å². The number of nitrogens with one attached hydrogen (secondary N) is 1. The number of hydrogen-bond acceptors (Lipinski definition) is 4. The van der Waals surface area contributed by atoms with Gasteiger partial charge in [0.2, 0.25) is 0 Å². The molecule has 7 heteroatoms. The second-order valence-electron chi connectivity index (χ2n) is 5.44. The van der Waals surface area contributed by atoms with Crippen molar-refractivity contribution in [2.75, 3.05) is 18.9 Å². The lowest BCUT2D eigenvalue weighted by Crippen LogP contribution is -2.30. The van der Waals surface area contributed by atoms with E-state index in [1.807, 2.05) is 12.1 Å². The quantitative estimate of drug-likeness (QED) is 0.517. The fourth-order valence-electron chi connectivity index (χ4n) is 2.05. The fraction of sp³-hybridized carbons (Fsp3) is 0.263. The van der Waals surface area contributed by atoms with Crippen LogP contribution in [0.4, 0.5) is 4.39 Å². The van der Waals surface area contributed by atoms with Crippen molar-refractivity contribution in [1.29, 1.82) is 0 Å². The van der Waals surface area contributed by atoms with Crippen LogP contribution in [-0.2, 0) is 20.7 Å². The zero-order valence-electron chi connectivity index (χ0n) is 14.0. The molecule has 2 rings (SSSR count). The van der Waals surface area contributed by atoms with Gasteiger partial charge in [0, 0.05) is 22.2 Å². The Morgan fingerprint density at radius 1 is 1.08 bits per heavy atom. The Morgan fingerprint density at radius 2 is 1.77 bits per heavy atom. The summed E-state index contributed by atoms with van der Waals surface area (Å²) in [6.07, 6.45) is 0.799. The van der Waals surface area contributed by atoms with Crippen LogP contribution in [0.3, 0.4) is 0 Å². The number of ether oxygens (including phenoxy) is 1. The highest BCUT2D eigenvalue weighted by molar-refractivity contribution is 7.99. The van der Waals surface area contributed by atoms with Gasteiger partial charge in [-0.3, -0.25) is 9.59 Å². The minimum absolute atomic E-state index is 0.218. The van der Waals surface area contributed by atoms with E-state index in [0.717, 1.165) is 10.5 Å². The highest BCUT2D eigenvalue weighted by Gasteiger charge is 2.07. The SMILES string of the molecule is O=C(COC(=O)CCSc1ccc(Cl)cc1)NCCc1ccc(F)cc1.